The molecule has 3 unspecified atom stereocenters. The van der Waals surface area contributed by atoms with Gasteiger partial charge in [-0.15, -0.1) is 0 Å². The summed E-state index contributed by atoms with van der Waals surface area (Å²) >= 11 is 0. The molecule has 0 spiro atoms. The van der Waals surface area contributed by atoms with Gasteiger partial charge in [-0.2, -0.15) is 0 Å². The summed E-state index contributed by atoms with van der Waals surface area (Å²) in [7, 11) is 0. The van der Waals surface area contributed by atoms with Crippen LogP contribution < -0.4 is 0 Å². The molecule has 0 aliphatic carbocycles. The molecule has 0 aliphatic rings. The average Bonchev–Trinajstić information content (AvgIpc) is 2.59. The number of carboxylic acids is 1. The molecule has 4 heteroatoms. The summed E-state index contributed by atoms with van der Waals surface area (Å²) in [5.74, 6) is -0.202. The Balaban J connectivity index is 0. The predicted molar refractivity (Wildman–Crippen MR) is 115 cm³/mol. The third kappa shape index (κ3) is 27.7. The fourth-order valence-corrected chi connectivity index (χ4v) is 3.15. The number of rotatable bonds is 17. The van der Waals surface area contributed by atoms with Gasteiger partial charge in [-0.1, -0.05) is 78.1 Å². The summed E-state index contributed by atoms with van der Waals surface area (Å²) in [5.41, 5.74) is 0. The van der Waals surface area contributed by atoms with Gasteiger partial charge in [0.2, 0.25) is 0 Å². The van der Waals surface area contributed by atoms with Crippen molar-refractivity contribution in [2.24, 2.45) is 5.92 Å². The Kier molecular flexibility index (Phi) is 23.0. The summed E-state index contributed by atoms with van der Waals surface area (Å²) in [6.45, 7) is 7.90. The summed E-state index contributed by atoms with van der Waals surface area (Å²) in [4.78, 5) is 10.9. The van der Waals surface area contributed by atoms with Gasteiger partial charge in [0, 0.05) is 6.42 Å². The second-order valence-electron chi connectivity index (χ2n) is 8.15. The maximum absolute atomic E-state index is 10.9. The maximum atomic E-state index is 10.9. The Bertz CT molecular complexity index is 295. The molecule has 0 saturated carbocycles. The first kappa shape index (κ1) is 28.6. The number of hydrogen-bond donors (Lipinski definition) is 3. The van der Waals surface area contributed by atoms with Gasteiger partial charge in [-0.05, 0) is 45.4 Å². The topological polar surface area (TPSA) is 77.8 Å². The molecule has 0 amide bonds. The smallest absolute Gasteiger partial charge is 0.303 e. The molecule has 0 aliphatic heterocycles. The van der Waals surface area contributed by atoms with E-state index in [1.165, 1.54) is 64.2 Å². The fraction of sp³-hybridized carbons (Fsp3) is 0.957. The minimum absolute atomic E-state index is 0.274. The molecule has 3 N–H and O–H groups in total. The number of aliphatic carboxylic acids is 1. The van der Waals surface area contributed by atoms with Gasteiger partial charge >= 0.3 is 5.97 Å². The largest absolute Gasteiger partial charge is 0.481 e. The minimum atomic E-state index is -0.619. The van der Waals surface area contributed by atoms with Crippen molar-refractivity contribution in [3.05, 3.63) is 0 Å². The van der Waals surface area contributed by atoms with Crippen molar-refractivity contribution in [2.75, 3.05) is 0 Å². The molecule has 0 radical (unpaired) electrons. The van der Waals surface area contributed by atoms with Crippen LogP contribution in [0.2, 0.25) is 0 Å². The van der Waals surface area contributed by atoms with E-state index in [9.17, 15) is 4.79 Å². The van der Waals surface area contributed by atoms with E-state index in [1.54, 1.807) is 13.8 Å². The predicted octanol–water partition coefficient (Wildman–Crippen LogP) is 6.33. The van der Waals surface area contributed by atoms with E-state index in [0.29, 0.717) is 25.2 Å². The summed E-state index contributed by atoms with van der Waals surface area (Å²) in [6, 6.07) is 0. The molecule has 4 nitrogen and oxygen atoms in total. The van der Waals surface area contributed by atoms with Crippen LogP contribution in [0.25, 0.3) is 0 Å². The van der Waals surface area contributed by atoms with Gasteiger partial charge in [0.05, 0.1) is 12.2 Å². The molecular weight excluding hydrogens is 340 g/mol. The van der Waals surface area contributed by atoms with Crippen LogP contribution in [0.15, 0.2) is 0 Å². The molecule has 0 rings (SSSR count). The van der Waals surface area contributed by atoms with Crippen molar-refractivity contribution >= 4 is 5.97 Å². The van der Waals surface area contributed by atoms with Gasteiger partial charge in [-0.3, -0.25) is 4.79 Å². The SMILES string of the molecule is CC(O)CCC(C)O.CCCCCCCCC(CCCCCC)CC(=O)O. The quantitative estimate of drug-likeness (QED) is 0.255. The van der Waals surface area contributed by atoms with Crippen LogP contribution in [0.3, 0.4) is 0 Å². The minimum Gasteiger partial charge on any atom is -0.481 e. The first-order chi connectivity index (χ1) is 12.8. The normalized spacial score (nSPS) is 14.1. The molecular formula is C23H48O4. The monoisotopic (exact) mass is 388 g/mol. The van der Waals surface area contributed by atoms with Crippen LogP contribution >= 0.6 is 0 Å². The zero-order valence-corrected chi connectivity index (χ0v) is 18.6. The highest BCUT2D eigenvalue weighted by Crippen LogP contribution is 2.21. The number of unbranched alkanes of at least 4 members (excludes halogenated alkanes) is 8. The standard InChI is InChI=1S/C17H34O2.C6H14O2/c1-3-5-7-9-10-12-14-16(15-17(18)19)13-11-8-6-4-2;1-5(7)3-4-6(2)8/h16H,3-15H2,1-2H3,(H,18,19);5-8H,3-4H2,1-2H3. The molecule has 27 heavy (non-hydrogen) atoms. The van der Waals surface area contributed by atoms with Crippen LogP contribution in [0.4, 0.5) is 0 Å². The van der Waals surface area contributed by atoms with Gasteiger partial charge in [0.25, 0.3) is 0 Å². The molecule has 0 bridgehead atoms. The average molecular weight is 389 g/mol. The summed E-state index contributed by atoms with van der Waals surface area (Å²) < 4.78 is 0. The van der Waals surface area contributed by atoms with Crippen LogP contribution in [0.5, 0.6) is 0 Å². The molecule has 0 aromatic rings. The van der Waals surface area contributed by atoms with E-state index >= 15 is 0 Å². The number of carboxylic acid groups (broad SMARTS) is 1. The fourth-order valence-electron chi connectivity index (χ4n) is 3.15. The number of hydrogen-bond acceptors (Lipinski definition) is 3. The lowest BCUT2D eigenvalue weighted by molar-refractivity contribution is -0.138. The Morgan fingerprint density at radius 2 is 1.04 bits per heavy atom. The highest BCUT2D eigenvalue weighted by molar-refractivity contribution is 5.66. The third-order valence-corrected chi connectivity index (χ3v) is 4.90. The molecule has 0 fully saturated rings. The molecule has 0 aromatic heterocycles. The van der Waals surface area contributed by atoms with E-state index in [4.69, 9.17) is 15.3 Å². The third-order valence-electron chi connectivity index (χ3n) is 4.90. The van der Waals surface area contributed by atoms with Crippen molar-refractivity contribution in [3.63, 3.8) is 0 Å². The Morgan fingerprint density at radius 3 is 1.41 bits per heavy atom. The lowest BCUT2D eigenvalue weighted by atomic mass is 9.91. The number of aliphatic hydroxyl groups excluding tert-OH is 2. The van der Waals surface area contributed by atoms with Crippen LogP contribution in [-0.4, -0.2) is 33.5 Å². The molecule has 0 saturated heterocycles. The lowest BCUT2D eigenvalue weighted by Gasteiger charge is -2.14. The first-order valence-corrected chi connectivity index (χ1v) is 11.4. The molecule has 0 heterocycles. The van der Waals surface area contributed by atoms with Crippen molar-refractivity contribution in [1.82, 2.24) is 0 Å². The van der Waals surface area contributed by atoms with Crippen molar-refractivity contribution in [1.29, 1.82) is 0 Å². The highest BCUT2D eigenvalue weighted by Gasteiger charge is 2.12. The summed E-state index contributed by atoms with van der Waals surface area (Å²) in [5, 5.41) is 26.3. The second kappa shape index (κ2) is 21.7. The van der Waals surface area contributed by atoms with E-state index in [2.05, 4.69) is 13.8 Å². The zero-order valence-electron chi connectivity index (χ0n) is 18.6. The second-order valence-corrected chi connectivity index (χ2v) is 8.15. The molecule has 164 valence electrons. The van der Waals surface area contributed by atoms with Crippen LogP contribution in [0.1, 0.15) is 124 Å². The van der Waals surface area contributed by atoms with Crippen LogP contribution in [0, 0.1) is 5.92 Å². The van der Waals surface area contributed by atoms with Crippen molar-refractivity contribution in [3.8, 4) is 0 Å². The van der Waals surface area contributed by atoms with E-state index < -0.39 is 5.97 Å². The molecule has 3 atom stereocenters. The van der Waals surface area contributed by atoms with Crippen molar-refractivity contribution in [2.45, 2.75) is 136 Å². The zero-order chi connectivity index (χ0) is 20.9. The van der Waals surface area contributed by atoms with E-state index in [0.717, 1.165) is 12.8 Å². The van der Waals surface area contributed by atoms with Gasteiger partial charge < -0.3 is 15.3 Å². The molecule has 0 aromatic carbocycles. The van der Waals surface area contributed by atoms with Gasteiger partial charge in [-0.25, -0.2) is 0 Å². The lowest BCUT2D eigenvalue weighted by Crippen LogP contribution is -2.08. The Morgan fingerprint density at radius 1 is 0.667 bits per heavy atom. The highest BCUT2D eigenvalue weighted by atomic mass is 16.4. The van der Waals surface area contributed by atoms with Crippen molar-refractivity contribution < 1.29 is 20.1 Å². The first-order valence-electron chi connectivity index (χ1n) is 11.4. The summed E-state index contributed by atoms with van der Waals surface area (Å²) in [6.07, 6.45) is 16.3. The van der Waals surface area contributed by atoms with Crippen LogP contribution in [-0.2, 0) is 4.79 Å². The number of carbonyl (C=O) groups is 1. The van der Waals surface area contributed by atoms with E-state index in [-0.39, 0.29) is 12.2 Å². The van der Waals surface area contributed by atoms with Gasteiger partial charge in [0.1, 0.15) is 0 Å². The van der Waals surface area contributed by atoms with Gasteiger partial charge in [0.15, 0.2) is 0 Å². The maximum Gasteiger partial charge on any atom is 0.303 e. The Hall–Kier alpha value is -0.610. The Labute approximate surface area is 168 Å². The van der Waals surface area contributed by atoms with E-state index in [1.807, 2.05) is 0 Å². The number of aliphatic hydroxyl groups is 2.